The van der Waals surface area contributed by atoms with Crippen molar-refractivity contribution in [1.29, 1.82) is 0 Å². The third-order valence-electron chi connectivity index (χ3n) is 3.33. The Kier molecular flexibility index (Phi) is 6.94. The van der Waals surface area contributed by atoms with Crippen LogP contribution in [0.4, 0.5) is 18.9 Å². The van der Waals surface area contributed by atoms with Crippen LogP contribution in [0.3, 0.4) is 0 Å². The fourth-order valence-corrected chi connectivity index (χ4v) is 2.96. The first-order valence-electron chi connectivity index (χ1n) is 7.41. The normalized spacial score (nSPS) is 17.6. The van der Waals surface area contributed by atoms with Gasteiger partial charge in [-0.1, -0.05) is 11.6 Å². The zero-order valence-electron chi connectivity index (χ0n) is 13.5. The maximum absolute atomic E-state index is 14.3. The zero-order valence-corrected chi connectivity index (χ0v) is 16.4. The average Bonchev–Trinajstić information content (AvgIpc) is 2.55. The standard InChI is InChI=1S/C16H15ClF3IN2O3/c1-8(7-24)26-23-15(25)10-5-16(19,20)6-12(18)14(10)22-13-3-2-9(21)4-11(13)17/h2-5,8,22,24H,6-7H2,1H3,(H,23,25). The van der Waals surface area contributed by atoms with E-state index < -0.39 is 48.1 Å². The second-order valence-electron chi connectivity index (χ2n) is 5.57. The summed E-state index contributed by atoms with van der Waals surface area (Å²) in [5, 5.41) is 11.7. The molecule has 1 aliphatic rings. The van der Waals surface area contributed by atoms with E-state index in [2.05, 4.69) is 5.32 Å². The quantitative estimate of drug-likeness (QED) is 0.407. The van der Waals surface area contributed by atoms with Crippen LogP contribution in [-0.4, -0.2) is 29.6 Å². The topological polar surface area (TPSA) is 70.6 Å². The average molecular weight is 503 g/mol. The Bertz CT molecular complexity index is 771. The van der Waals surface area contributed by atoms with Crippen LogP contribution in [0.25, 0.3) is 0 Å². The second-order valence-corrected chi connectivity index (χ2v) is 7.22. The smallest absolute Gasteiger partial charge is 0.276 e. The molecule has 10 heteroatoms. The molecule has 26 heavy (non-hydrogen) atoms. The Labute approximate surface area is 166 Å². The summed E-state index contributed by atoms with van der Waals surface area (Å²) in [6.07, 6.45) is -1.58. The van der Waals surface area contributed by atoms with Gasteiger partial charge >= 0.3 is 0 Å². The first-order valence-corrected chi connectivity index (χ1v) is 8.87. The molecule has 0 spiro atoms. The van der Waals surface area contributed by atoms with Crippen molar-refractivity contribution < 1.29 is 27.9 Å². The van der Waals surface area contributed by atoms with Gasteiger partial charge in [-0.05, 0) is 53.8 Å². The van der Waals surface area contributed by atoms with Crippen LogP contribution in [0.1, 0.15) is 13.3 Å². The number of alkyl halides is 2. The molecule has 1 aromatic rings. The Balaban J connectivity index is 2.31. The molecule has 0 heterocycles. The summed E-state index contributed by atoms with van der Waals surface area (Å²) in [4.78, 5) is 17.0. The second kappa shape index (κ2) is 8.59. The molecule has 3 N–H and O–H groups in total. The fourth-order valence-electron chi connectivity index (χ4n) is 2.06. The Hall–Kier alpha value is -1.30. The van der Waals surface area contributed by atoms with Gasteiger partial charge in [0.05, 0.1) is 35.0 Å². The summed E-state index contributed by atoms with van der Waals surface area (Å²) in [5.41, 5.74) is 1.13. The van der Waals surface area contributed by atoms with E-state index in [4.69, 9.17) is 21.5 Å². The number of carbonyl (C=O) groups excluding carboxylic acids is 1. The van der Waals surface area contributed by atoms with E-state index in [0.717, 1.165) is 3.57 Å². The van der Waals surface area contributed by atoms with Gasteiger partial charge in [0.1, 0.15) is 11.9 Å². The van der Waals surface area contributed by atoms with Crippen molar-refractivity contribution >= 4 is 45.8 Å². The SMILES string of the molecule is CC(CO)ONC(=O)C1=CC(F)(F)CC(F)=C1Nc1ccc(I)cc1Cl. The Morgan fingerprint density at radius 2 is 2.19 bits per heavy atom. The van der Waals surface area contributed by atoms with E-state index in [1.807, 2.05) is 28.1 Å². The molecule has 0 bridgehead atoms. The lowest BCUT2D eigenvalue weighted by atomic mass is 9.98. The first kappa shape index (κ1) is 21.0. The molecule has 2 rings (SSSR count). The Morgan fingerprint density at radius 1 is 1.50 bits per heavy atom. The number of amides is 1. The van der Waals surface area contributed by atoms with Gasteiger partial charge in [0, 0.05) is 3.57 Å². The number of hydrogen-bond acceptors (Lipinski definition) is 4. The number of rotatable bonds is 6. The molecule has 5 nitrogen and oxygen atoms in total. The van der Waals surface area contributed by atoms with Gasteiger partial charge in [0.25, 0.3) is 11.8 Å². The van der Waals surface area contributed by atoms with Gasteiger partial charge in [0.2, 0.25) is 0 Å². The highest BCUT2D eigenvalue weighted by Gasteiger charge is 2.38. The lowest BCUT2D eigenvalue weighted by Gasteiger charge is -2.24. The van der Waals surface area contributed by atoms with Crippen LogP contribution >= 0.6 is 34.2 Å². The van der Waals surface area contributed by atoms with Gasteiger partial charge < -0.3 is 10.4 Å². The number of aliphatic hydroxyl groups is 1. The molecular formula is C16H15ClF3IN2O3. The molecule has 0 saturated heterocycles. The first-order chi connectivity index (χ1) is 12.1. The molecule has 0 aromatic heterocycles. The van der Waals surface area contributed by atoms with Crippen molar-refractivity contribution in [3.05, 3.63) is 50.0 Å². The largest absolute Gasteiger partial charge is 0.394 e. The maximum Gasteiger partial charge on any atom is 0.276 e. The highest BCUT2D eigenvalue weighted by molar-refractivity contribution is 14.1. The number of halogens is 5. The van der Waals surface area contributed by atoms with Crippen LogP contribution < -0.4 is 10.8 Å². The molecule has 142 valence electrons. The van der Waals surface area contributed by atoms with Crippen LogP contribution in [0.15, 0.2) is 41.4 Å². The molecule has 1 aromatic carbocycles. The highest BCUT2D eigenvalue weighted by atomic mass is 127. The molecular weight excluding hydrogens is 488 g/mol. The van der Waals surface area contributed by atoms with Crippen molar-refractivity contribution in [1.82, 2.24) is 5.48 Å². The van der Waals surface area contributed by atoms with Gasteiger partial charge in [-0.25, -0.2) is 18.7 Å². The third-order valence-corrected chi connectivity index (χ3v) is 4.32. The molecule has 0 saturated carbocycles. The highest BCUT2D eigenvalue weighted by Crippen LogP contribution is 2.37. The van der Waals surface area contributed by atoms with Crippen LogP contribution in [0.2, 0.25) is 5.02 Å². The van der Waals surface area contributed by atoms with Crippen LogP contribution in [-0.2, 0) is 9.63 Å². The van der Waals surface area contributed by atoms with Gasteiger partial charge in [-0.15, -0.1) is 0 Å². The minimum atomic E-state index is -3.53. The van der Waals surface area contributed by atoms with Gasteiger partial charge in [0.15, 0.2) is 0 Å². The van der Waals surface area contributed by atoms with E-state index in [-0.39, 0.29) is 10.7 Å². The number of aliphatic hydroxyl groups excluding tert-OH is 1. The summed E-state index contributed by atoms with van der Waals surface area (Å²) in [5.74, 6) is -5.79. The molecule has 0 fully saturated rings. The van der Waals surface area contributed by atoms with Gasteiger partial charge in [-0.2, -0.15) is 0 Å². The minimum Gasteiger partial charge on any atom is -0.394 e. The molecule has 1 atom stereocenters. The van der Waals surface area contributed by atoms with E-state index in [9.17, 15) is 18.0 Å². The Morgan fingerprint density at radius 3 is 2.81 bits per heavy atom. The van der Waals surface area contributed by atoms with Crippen molar-refractivity contribution in [2.45, 2.75) is 25.4 Å². The number of allylic oxidation sites excluding steroid dienone is 2. The van der Waals surface area contributed by atoms with Gasteiger partial charge in [-0.3, -0.25) is 9.63 Å². The summed E-state index contributed by atoms with van der Waals surface area (Å²) in [7, 11) is 0. The predicted molar refractivity (Wildman–Crippen MR) is 99.3 cm³/mol. The molecule has 1 amide bonds. The lowest BCUT2D eigenvalue weighted by molar-refractivity contribution is -0.135. The minimum absolute atomic E-state index is 0.236. The van der Waals surface area contributed by atoms with Crippen molar-refractivity contribution in [3.63, 3.8) is 0 Å². The number of carbonyl (C=O) groups is 1. The molecule has 1 unspecified atom stereocenters. The fraction of sp³-hybridized carbons (Fsp3) is 0.312. The van der Waals surface area contributed by atoms with E-state index in [1.165, 1.54) is 13.0 Å². The number of anilines is 1. The summed E-state index contributed by atoms with van der Waals surface area (Å²) in [6, 6.07) is 4.81. The zero-order chi connectivity index (χ0) is 19.5. The summed E-state index contributed by atoms with van der Waals surface area (Å²) < 4.78 is 42.5. The summed E-state index contributed by atoms with van der Waals surface area (Å²) in [6.45, 7) is 1.05. The maximum atomic E-state index is 14.3. The predicted octanol–water partition coefficient (Wildman–Crippen LogP) is 3.93. The molecule has 0 aliphatic heterocycles. The summed E-state index contributed by atoms with van der Waals surface area (Å²) >= 11 is 8.10. The number of hydrogen-bond donors (Lipinski definition) is 3. The monoisotopic (exact) mass is 502 g/mol. The van der Waals surface area contributed by atoms with Crippen LogP contribution in [0.5, 0.6) is 0 Å². The molecule has 1 aliphatic carbocycles. The molecule has 0 radical (unpaired) electrons. The number of nitrogens with one attached hydrogen (secondary N) is 2. The number of benzene rings is 1. The van der Waals surface area contributed by atoms with Crippen LogP contribution in [0, 0.1) is 3.57 Å². The van der Waals surface area contributed by atoms with Crippen molar-refractivity contribution in [2.75, 3.05) is 11.9 Å². The van der Waals surface area contributed by atoms with Crippen molar-refractivity contribution in [2.24, 2.45) is 0 Å². The van der Waals surface area contributed by atoms with Crippen molar-refractivity contribution in [3.8, 4) is 0 Å². The van der Waals surface area contributed by atoms with E-state index in [1.54, 1.807) is 12.1 Å². The lowest BCUT2D eigenvalue weighted by Crippen LogP contribution is -2.35. The van der Waals surface area contributed by atoms with E-state index in [0.29, 0.717) is 6.08 Å². The van der Waals surface area contributed by atoms with E-state index >= 15 is 0 Å². The number of hydroxylamine groups is 1. The third kappa shape index (κ3) is 5.35.